The summed E-state index contributed by atoms with van der Waals surface area (Å²) in [5.41, 5.74) is 2.25. The Labute approximate surface area is 161 Å². The highest BCUT2D eigenvalue weighted by Gasteiger charge is 2.36. The van der Waals surface area contributed by atoms with Crippen molar-refractivity contribution in [3.8, 4) is 0 Å². The molecule has 1 heterocycles. The van der Waals surface area contributed by atoms with Gasteiger partial charge in [-0.1, -0.05) is 40.2 Å². The molecule has 0 saturated heterocycles. The van der Waals surface area contributed by atoms with E-state index in [2.05, 4.69) is 15.9 Å². The third-order valence-electron chi connectivity index (χ3n) is 4.56. The molecule has 2 aromatic rings. The van der Waals surface area contributed by atoms with E-state index in [4.69, 9.17) is 5.11 Å². The molecule has 3 rings (SSSR count). The van der Waals surface area contributed by atoms with Crippen LogP contribution in [0.5, 0.6) is 0 Å². The summed E-state index contributed by atoms with van der Waals surface area (Å²) in [6.07, 6.45) is 0.610. The van der Waals surface area contributed by atoms with Gasteiger partial charge in [-0.3, -0.25) is 9.10 Å². The molecule has 0 saturated carbocycles. The van der Waals surface area contributed by atoms with E-state index in [1.54, 1.807) is 19.2 Å². The van der Waals surface area contributed by atoms with Gasteiger partial charge in [0.25, 0.3) is 10.0 Å². The van der Waals surface area contributed by atoms with Gasteiger partial charge in [0.15, 0.2) is 0 Å². The second kappa shape index (κ2) is 7.38. The van der Waals surface area contributed by atoms with Crippen LogP contribution in [0.3, 0.4) is 0 Å². The molecule has 3 N–H and O–H groups in total. The largest absolute Gasteiger partial charge is 0.481 e. The second-order valence-corrected chi connectivity index (χ2v) is 9.07. The molecule has 0 radical (unpaired) electrons. The van der Waals surface area contributed by atoms with E-state index in [0.29, 0.717) is 28.7 Å². The Morgan fingerprint density at radius 3 is 2.69 bits per heavy atom. The van der Waals surface area contributed by atoms with Gasteiger partial charge in [0.05, 0.1) is 23.5 Å². The normalized spacial score (nSPS) is 17.9. The maximum atomic E-state index is 13.1. The van der Waals surface area contributed by atoms with E-state index < -0.39 is 16.0 Å². The van der Waals surface area contributed by atoms with Gasteiger partial charge in [-0.05, 0) is 18.2 Å². The van der Waals surface area contributed by atoms with E-state index in [1.165, 1.54) is 4.31 Å². The van der Waals surface area contributed by atoms with E-state index in [9.17, 15) is 13.2 Å². The molecule has 1 aliphatic heterocycles. The Kier molecular flexibility index (Phi) is 5.36. The molecule has 8 heteroatoms. The number of benzene rings is 2. The number of anilines is 1. The summed E-state index contributed by atoms with van der Waals surface area (Å²) in [6.45, 7) is 0.588. The van der Waals surface area contributed by atoms with Crippen molar-refractivity contribution in [2.24, 2.45) is 0 Å². The number of rotatable bonds is 5. The van der Waals surface area contributed by atoms with Crippen molar-refractivity contribution in [1.29, 1.82) is 0 Å². The van der Waals surface area contributed by atoms with Crippen LogP contribution in [0.15, 0.2) is 51.8 Å². The maximum Gasteiger partial charge on any atom is 0.303 e. The molecule has 138 valence electrons. The highest BCUT2D eigenvalue weighted by Crippen LogP contribution is 2.39. The van der Waals surface area contributed by atoms with Gasteiger partial charge in [-0.2, -0.15) is 0 Å². The minimum absolute atomic E-state index is 0.0935. The molecule has 1 aliphatic rings. The third-order valence-corrected chi connectivity index (χ3v) is 6.88. The van der Waals surface area contributed by atoms with Crippen LogP contribution in [0.1, 0.15) is 30.0 Å². The lowest BCUT2D eigenvalue weighted by Crippen LogP contribution is -2.85. The molecule has 6 nitrogen and oxygen atoms in total. The third kappa shape index (κ3) is 3.49. The summed E-state index contributed by atoms with van der Waals surface area (Å²) in [5.74, 6) is -0.827. The van der Waals surface area contributed by atoms with Gasteiger partial charge >= 0.3 is 5.97 Å². The van der Waals surface area contributed by atoms with E-state index >= 15 is 0 Å². The molecular formula is C18H20BrN2O4S+. The second-order valence-electron chi connectivity index (χ2n) is 6.21. The van der Waals surface area contributed by atoms with Crippen LogP contribution in [0.4, 0.5) is 5.69 Å². The zero-order valence-corrected chi connectivity index (χ0v) is 16.6. The van der Waals surface area contributed by atoms with Crippen LogP contribution < -0.4 is 9.62 Å². The number of para-hydroxylation sites is 1. The Hall–Kier alpha value is -1.90. The Balaban J connectivity index is 2.11. The number of aliphatic carboxylic acids is 1. The topological polar surface area (TPSA) is 91.3 Å². The Morgan fingerprint density at radius 2 is 1.96 bits per heavy atom. The van der Waals surface area contributed by atoms with E-state index in [0.717, 1.165) is 5.56 Å². The van der Waals surface area contributed by atoms with Gasteiger partial charge in [0.1, 0.15) is 6.04 Å². The van der Waals surface area contributed by atoms with Gasteiger partial charge < -0.3 is 10.4 Å². The number of halogens is 1. The molecule has 0 spiro atoms. The maximum absolute atomic E-state index is 13.1. The average Bonchev–Trinajstić information content (AvgIpc) is 2.67. The summed E-state index contributed by atoms with van der Waals surface area (Å²) in [6, 6.07) is 12.5. The van der Waals surface area contributed by atoms with Gasteiger partial charge in [0, 0.05) is 29.1 Å². The number of hydrogen-bond donors (Lipinski definition) is 2. The minimum atomic E-state index is -3.68. The van der Waals surface area contributed by atoms with E-state index in [-0.39, 0.29) is 17.4 Å². The zero-order valence-electron chi connectivity index (χ0n) is 14.2. The average molecular weight is 440 g/mol. The fourth-order valence-corrected chi connectivity index (χ4v) is 5.26. The molecule has 26 heavy (non-hydrogen) atoms. The van der Waals surface area contributed by atoms with Crippen molar-refractivity contribution in [3.63, 3.8) is 0 Å². The molecular weight excluding hydrogens is 420 g/mol. The SMILES string of the molecule is CN1c2ccccc2C([NH2+]CCCC(=O)O)c2ccc(Br)cc2S1(=O)=O. The van der Waals surface area contributed by atoms with Crippen molar-refractivity contribution in [3.05, 3.63) is 58.1 Å². The Morgan fingerprint density at radius 1 is 1.23 bits per heavy atom. The lowest BCUT2D eigenvalue weighted by Gasteiger charge is -2.20. The first-order chi connectivity index (χ1) is 12.3. The summed E-state index contributed by atoms with van der Waals surface area (Å²) in [7, 11) is -2.12. The van der Waals surface area contributed by atoms with Crippen LogP contribution >= 0.6 is 15.9 Å². The summed E-state index contributed by atoms with van der Waals surface area (Å²) < 4.78 is 28.3. The van der Waals surface area contributed by atoms with Crippen LogP contribution in [0.2, 0.25) is 0 Å². The van der Waals surface area contributed by atoms with Gasteiger partial charge in [-0.25, -0.2) is 8.42 Å². The lowest BCUT2D eigenvalue weighted by atomic mass is 9.97. The smallest absolute Gasteiger partial charge is 0.303 e. The van der Waals surface area contributed by atoms with Gasteiger partial charge in [-0.15, -0.1) is 0 Å². The number of carboxylic acid groups (broad SMARTS) is 1. The highest BCUT2D eigenvalue weighted by molar-refractivity contribution is 9.10. The highest BCUT2D eigenvalue weighted by atomic mass is 79.9. The molecule has 0 aliphatic carbocycles. The first-order valence-electron chi connectivity index (χ1n) is 8.25. The predicted octanol–water partition coefficient (Wildman–Crippen LogP) is 2.11. The van der Waals surface area contributed by atoms with Crippen LogP contribution in [0, 0.1) is 0 Å². The minimum Gasteiger partial charge on any atom is -0.481 e. The molecule has 0 amide bonds. The quantitative estimate of drug-likeness (QED) is 0.697. The van der Waals surface area contributed by atoms with Gasteiger partial charge in [0.2, 0.25) is 0 Å². The first-order valence-corrected chi connectivity index (χ1v) is 10.5. The van der Waals surface area contributed by atoms with Crippen LogP contribution in [-0.4, -0.2) is 33.1 Å². The van der Waals surface area contributed by atoms with Crippen LogP contribution in [0.25, 0.3) is 0 Å². The van der Waals surface area contributed by atoms with Crippen molar-refractivity contribution in [2.45, 2.75) is 23.8 Å². The first kappa shape index (κ1) is 18.9. The number of fused-ring (bicyclic) bond motifs is 2. The number of quaternary nitrogens is 1. The van der Waals surface area contributed by atoms with Crippen molar-refractivity contribution < 1.29 is 23.6 Å². The summed E-state index contributed by atoms with van der Waals surface area (Å²) >= 11 is 3.36. The standard InChI is InChI=1S/C18H19BrN2O4S/c1-21-15-6-3-2-5-13(15)18(20-10-4-7-17(22)23)14-9-8-12(19)11-16(14)26(21,24)25/h2-3,5-6,8-9,11,18,20H,4,7,10H2,1H3,(H,22,23)/p+1. The predicted molar refractivity (Wildman–Crippen MR) is 102 cm³/mol. The number of nitrogens with two attached hydrogens (primary N) is 1. The van der Waals surface area contributed by atoms with Crippen LogP contribution in [-0.2, 0) is 14.8 Å². The zero-order chi connectivity index (χ0) is 18.9. The number of hydrogen-bond acceptors (Lipinski definition) is 3. The fraction of sp³-hybridized carbons (Fsp3) is 0.278. The molecule has 2 aromatic carbocycles. The number of sulfonamides is 1. The van der Waals surface area contributed by atoms with E-state index in [1.807, 2.05) is 35.6 Å². The molecule has 0 aromatic heterocycles. The van der Waals surface area contributed by atoms with Crippen molar-refractivity contribution in [1.82, 2.24) is 0 Å². The Bertz CT molecular complexity index is 946. The summed E-state index contributed by atoms with van der Waals surface area (Å²) in [4.78, 5) is 11.0. The summed E-state index contributed by atoms with van der Waals surface area (Å²) in [5, 5.41) is 10.9. The molecule has 0 fully saturated rings. The van der Waals surface area contributed by atoms with Crippen molar-refractivity contribution >= 4 is 37.6 Å². The number of nitrogens with zero attached hydrogens (tertiary/aromatic N) is 1. The van der Waals surface area contributed by atoms with Crippen molar-refractivity contribution in [2.75, 3.05) is 17.9 Å². The number of carbonyl (C=O) groups is 1. The lowest BCUT2D eigenvalue weighted by molar-refractivity contribution is -0.687. The monoisotopic (exact) mass is 439 g/mol. The fourth-order valence-electron chi connectivity index (χ4n) is 3.26. The molecule has 1 atom stereocenters. The number of carboxylic acids is 1. The molecule has 0 bridgehead atoms. The molecule has 1 unspecified atom stereocenters.